The van der Waals surface area contributed by atoms with E-state index in [0.29, 0.717) is 17.1 Å². The molecule has 0 atom stereocenters. The smallest absolute Gasteiger partial charge is 0.331 e. The van der Waals surface area contributed by atoms with Crippen LogP contribution in [0.1, 0.15) is 23.7 Å². The molecule has 2 aromatic heterocycles. The highest BCUT2D eigenvalue weighted by molar-refractivity contribution is 6.53. The number of benzene rings is 2. The van der Waals surface area contributed by atoms with E-state index in [9.17, 15) is 14.7 Å². The van der Waals surface area contributed by atoms with Crippen molar-refractivity contribution in [1.82, 2.24) is 9.78 Å². The molecule has 0 spiro atoms. The van der Waals surface area contributed by atoms with Gasteiger partial charge in [0.25, 0.3) is 11.6 Å². The number of nitrogens with zero attached hydrogens (tertiary/aromatic N) is 4. The first-order valence-corrected chi connectivity index (χ1v) is 11.0. The van der Waals surface area contributed by atoms with Crippen LogP contribution in [0.25, 0.3) is 17.0 Å². The molecule has 7 nitrogen and oxygen atoms in total. The lowest BCUT2D eigenvalue weighted by atomic mass is 10.0. The highest BCUT2D eigenvalue weighted by Gasteiger charge is 2.47. The fourth-order valence-corrected chi connectivity index (χ4v) is 4.17. The van der Waals surface area contributed by atoms with Gasteiger partial charge in [0.2, 0.25) is 0 Å². The van der Waals surface area contributed by atoms with Gasteiger partial charge in [-0.15, -0.1) is 0 Å². The number of anilines is 1. The lowest BCUT2D eigenvalue weighted by Crippen LogP contribution is -2.39. The van der Waals surface area contributed by atoms with Crippen molar-refractivity contribution in [2.45, 2.75) is 20.3 Å². The van der Waals surface area contributed by atoms with Crippen LogP contribution in [0.2, 0.25) is 0 Å². The zero-order chi connectivity index (χ0) is 23.8. The Hall–Kier alpha value is -4.52. The molecule has 0 bridgehead atoms. The molecule has 0 radical (unpaired) electrons. The van der Waals surface area contributed by atoms with Gasteiger partial charge in [-0.1, -0.05) is 43.3 Å². The van der Waals surface area contributed by atoms with Gasteiger partial charge in [0, 0.05) is 17.7 Å². The highest BCUT2D eigenvalue weighted by Crippen LogP contribution is 2.38. The lowest BCUT2D eigenvalue weighted by molar-refractivity contribution is -0.576. The first kappa shape index (κ1) is 21.3. The van der Waals surface area contributed by atoms with Gasteiger partial charge in [-0.2, -0.15) is 9.67 Å². The summed E-state index contributed by atoms with van der Waals surface area (Å²) >= 11 is 0. The molecule has 5 rings (SSSR count). The molecule has 1 aliphatic rings. The molecule has 0 unspecified atom stereocenters. The summed E-state index contributed by atoms with van der Waals surface area (Å²) in [5, 5.41) is 17.9. The van der Waals surface area contributed by atoms with E-state index < -0.39 is 17.7 Å². The summed E-state index contributed by atoms with van der Waals surface area (Å²) in [6.07, 6.45) is 4.33. The third-order valence-corrected chi connectivity index (χ3v) is 5.91. The van der Waals surface area contributed by atoms with Crippen molar-refractivity contribution in [2.75, 3.05) is 4.90 Å². The van der Waals surface area contributed by atoms with Gasteiger partial charge in [-0.05, 0) is 49.1 Å². The van der Waals surface area contributed by atoms with Crippen molar-refractivity contribution >= 4 is 28.8 Å². The number of aryl methyl sites for hydroxylation is 2. The van der Waals surface area contributed by atoms with Crippen LogP contribution in [-0.2, 0) is 16.0 Å². The second kappa shape index (κ2) is 8.44. The Kier molecular flexibility index (Phi) is 5.30. The van der Waals surface area contributed by atoms with E-state index in [-0.39, 0.29) is 16.8 Å². The molecule has 1 aliphatic heterocycles. The molecule has 3 heterocycles. The third kappa shape index (κ3) is 3.38. The maximum atomic E-state index is 13.7. The molecule has 4 aromatic rings. The number of para-hydroxylation sites is 2. The number of pyridine rings is 1. The summed E-state index contributed by atoms with van der Waals surface area (Å²) in [5.41, 5.74) is 2.80. The zero-order valence-electron chi connectivity index (χ0n) is 18.8. The number of carbonyl (C=O) groups is 2. The molecule has 7 heteroatoms. The van der Waals surface area contributed by atoms with Crippen LogP contribution in [-0.4, -0.2) is 21.6 Å². The van der Waals surface area contributed by atoms with Crippen LogP contribution in [0.3, 0.4) is 0 Å². The Labute approximate surface area is 196 Å². The Balaban J connectivity index is 1.74. The average Bonchev–Trinajstić information content (AvgIpc) is 3.30. The molecule has 0 N–H and O–H groups in total. The summed E-state index contributed by atoms with van der Waals surface area (Å²) in [4.78, 5) is 28.5. The van der Waals surface area contributed by atoms with Gasteiger partial charge in [0.15, 0.2) is 12.4 Å². The number of amides is 2. The van der Waals surface area contributed by atoms with Crippen molar-refractivity contribution < 1.29 is 19.3 Å². The Morgan fingerprint density at radius 2 is 1.44 bits per heavy atom. The van der Waals surface area contributed by atoms with E-state index >= 15 is 0 Å². The zero-order valence-corrected chi connectivity index (χ0v) is 18.8. The Bertz CT molecular complexity index is 1420. The van der Waals surface area contributed by atoms with Crippen molar-refractivity contribution in [3.63, 3.8) is 0 Å². The molecule has 34 heavy (non-hydrogen) atoms. The van der Waals surface area contributed by atoms with E-state index in [1.54, 1.807) is 60.3 Å². The summed E-state index contributed by atoms with van der Waals surface area (Å²) in [5.74, 6) is -1.49. The number of aromatic nitrogens is 3. The first-order valence-electron chi connectivity index (χ1n) is 11.0. The molecular formula is C27H22N4O3. The van der Waals surface area contributed by atoms with Crippen LogP contribution in [0, 0.1) is 6.92 Å². The normalized spacial score (nSPS) is 13.8. The average molecular weight is 450 g/mol. The van der Waals surface area contributed by atoms with Crippen LogP contribution in [0.5, 0.6) is 5.88 Å². The van der Waals surface area contributed by atoms with Crippen molar-refractivity contribution in [1.29, 1.82) is 0 Å². The van der Waals surface area contributed by atoms with E-state index in [2.05, 4.69) is 5.10 Å². The minimum absolute atomic E-state index is 0.0489. The van der Waals surface area contributed by atoms with Gasteiger partial charge in [0.1, 0.15) is 5.57 Å². The topological polar surface area (TPSA) is 82.1 Å². The van der Waals surface area contributed by atoms with E-state index in [4.69, 9.17) is 0 Å². The number of carbonyl (C=O) groups excluding carboxylic acids is 2. The lowest BCUT2D eigenvalue weighted by Gasteiger charge is -2.15. The van der Waals surface area contributed by atoms with Crippen molar-refractivity contribution in [3.8, 4) is 11.6 Å². The molecule has 0 saturated carbocycles. The third-order valence-electron chi connectivity index (χ3n) is 5.91. The fraction of sp³-hybridized carbons (Fsp3) is 0.111. The number of hydrogen-bond donors (Lipinski definition) is 0. The van der Waals surface area contributed by atoms with Crippen molar-refractivity contribution in [3.05, 3.63) is 102 Å². The summed E-state index contributed by atoms with van der Waals surface area (Å²) in [7, 11) is 0. The maximum absolute atomic E-state index is 13.7. The van der Waals surface area contributed by atoms with Crippen molar-refractivity contribution in [2.24, 2.45) is 0 Å². The standard InChI is InChI=1S/C27H22N4O3/c1-3-19-14-16-29(17-15-19)24-23(25(32)30(27(24)34)20-10-6-4-7-11-20)22-18(2)28-31(26(22)33)21-12-8-5-9-13-21/h4-17H,3H2,1-2H3. The Morgan fingerprint density at radius 3 is 2.03 bits per heavy atom. The summed E-state index contributed by atoms with van der Waals surface area (Å²) in [6.45, 7) is 3.71. The van der Waals surface area contributed by atoms with E-state index in [0.717, 1.165) is 16.9 Å². The summed E-state index contributed by atoms with van der Waals surface area (Å²) in [6, 6.07) is 21.5. The maximum Gasteiger partial charge on any atom is 0.331 e. The predicted molar refractivity (Wildman–Crippen MR) is 126 cm³/mol. The minimum atomic E-state index is -0.550. The fourth-order valence-electron chi connectivity index (χ4n) is 4.17. The minimum Gasteiger partial charge on any atom is -0.858 e. The largest absolute Gasteiger partial charge is 0.858 e. The van der Waals surface area contributed by atoms with Crippen LogP contribution < -0.4 is 14.6 Å². The number of hydrogen-bond acceptors (Lipinski definition) is 4. The molecular weight excluding hydrogens is 428 g/mol. The first-order chi connectivity index (χ1) is 16.5. The van der Waals surface area contributed by atoms with Gasteiger partial charge in [0.05, 0.1) is 17.1 Å². The van der Waals surface area contributed by atoms with Gasteiger partial charge < -0.3 is 5.11 Å². The molecule has 0 aliphatic carbocycles. The van der Waals surface area contributed by atoms with Gasteiger partial charge in [-0.3, -0.25) is 9.59 Å². The van der Waals surface area contributed by atoms with Crippen LogP contribution in [0.15, 0.2) is 85.2 Å². The number of rotatable bonds is 5. The second-order valence-electron chi connectivity index (χ2n) is 7.99. The highest BCUT2D eigenvalue weighted by atomic mass is 16.3. The molecule has 168 valence electrons. The second-order valence-corrected chi connectivity index (χ2v) is 7.99. The van der Waals surface area contributed by atoms with Crippen LogP contribution in [0.4, 0.5) is 5.69 Å². The van der Waals surface area contributed by atoms with Crippen LogP contribution >= 0.6 is 0 Å². The molecule has 2 aromatic carbocycles. The quantitative estimate of drug-likeness (QED) is 0.346. The van der Waals surface area contributed by atoms with E-state index in [1.807, 2.05) is 43.3 Å². The van der Waals surface area contributed by atoms with Gasteiger partial charge in [-0.25, -0.2) is 9.58 Å². The molecule has 0 fully saturated rings. The SMILES string of the molecule is CCc1cc[n+](C2=C(c3c(C)nn(-c4ccccc4)c3[O-])C(=O)N(c3ccccc3)C2=O)cc1. The number of imide groups is 1. The Morgan fingerprint density at radius 1 is 0.853 bits per heavy atom. The molecule has 0 saturated heterocycles. The van der Waals surface area contributed by atoms with E-state index in [1.165, 1.54) is 4.68 Å². The monoisotopic (exact) mass is 450 g/mol. The predicted octanol–water partition coefficient (Wildman–Crippen LogP) is 3.05. The summed E-state index contributed by atoms with van der Waals surface area (Å²) < 4.78 is 2.87. The van der Waals surface area contributed by atoms with Gasteiger partial charge >= 0.3 is 5.91 Å². The molecule has 2 amide bonds.